The van der Waals surface area contributed by atoms with E-state index in [2.05, 4.69) is 22.5 Å². The molecule has 30 heavy (non-hydrogen) atoms. The Morgan fingerprint density at radius 3 is 2.63 bits per heavy atom. The second-order valence-electron chi connectivity index (χ2n) is 7.37. The van der Waals surface area contributed by atoms with Crippen molar-refractivity contribution in [1.82, 2.24) is 15.2 Å². The fourth-order valence-corrected chi connectivity index (χ4v) is 3.19. The second kappa shape index (κ2) is 8.76. The SMILES string of the molecule is Cc1oc(CNC(=O)Nc2cccc(C(F)(F)F)c2)nc1C(=O)N1CCC(C)CC1. The number of amides is 3. The van der Waals surface area contributed by atoms with Gasteiger partial charge in [-0.25, -0.2) is 9.78 Å². The summed E-state index contributed by atoms with van der Waals surface area (Å²) in [5.74, 6) is 0.875. The molecule has 3 rings (SSSR count). The molecule has 1 aliphatic heterocycles. The van der Waals surface area contributed by atoms with Gasteiger partial charge in [-0.15, -0.1) is 0 Å². The summed E-state index contributed by atoms with van der Waals surface area (Å²) in [5, 5.41) is 4.79. The maximum atomic E-state index is 12.8. The lowest BCUT2D eigenvalue weighted by molar-refractivity contribution is -0.137. The van der Waals surface area contributed by atoms with Gasteiger partial charge in [0.15, 0.2) is 5.69 Å². The molecule has 0 radical (unpaired) electrons. The van der Waals surface area contributed by atoms with E-state index in [1.807, 2.05) is 0 Å². The summed E-state index contributed by atoms with van der Waals surface area (Å²) in [4.78, 5) is 30.6. The average molecular weight is 424 g/mol. The minimum Gasteiger partial charge on any atom is -0.443 e. The monoisotopic (exact) mass is 424 g/mol. The van der Waals surface area contributed by atoms with Gasteiger partial charge in [0.2, 0.25) is 5.89 Å². The summed E-state index contributed by atoms with van der Waals surface area (Å²) in [6.45, 7) is 4.99. The van der Waals surface area contributed by atoms with Crippen LogP contribution in [0.25, 0.3) is 0 Å². The fraction of sp³-hybridized carbons (Fsp3) is 0.450. The van der Waals surface area contributed by atoms with Crippen molar-refractivity contribution in [1.29, 1.82) is 0 Å². The molecule has 2 heterocycles. The van der Waals surface area contributed by atoms with Gasteiger partial charge < -0.3 is 20.0 Å². The summed E-state index contributed by atoms with van der Waals surface area (Å²) in [7, 11) is 0. The van der Waals surface area contributed by atoms with Crippen molar-refractivity contribution in [3.8, 4) is 0 Å². The van der Waals surface area contributed by atoms with E-state index < -0.39 is 17.8 Å². The molecule has 1 aromatic carbocycles. The predicted octanol–water partition coefficient (Wildman–Crippen LogP) is 4.20. The van der Waals surface area contributed by atoms with E-state index in [9.17, 15) is 22.8 Å². The number of likely N-dealkylation sites (tertiary alicyclic amines) is 1. The van der Waals surface area contributed by atoms with Gasteiger partial charge in [-0.2, -0.15) is 13.2 Å². The first-order valence-electron chi connectivity index (χ1n) is 9.61. The molecule has 1 aliphatic rings. The minimum absolute atomic E-state index is 0.00102. The Labute approximate surface area is 171 Å². The Bertz CT molecular complexity index is 918. The zero-order chi connectivity index (χ0) is 21.9. The summed E-state index contributed by atoms with van der Waals surface area (Å²) < 4.78 is 43.7. The number of hydrogen-bond donors (Lipinski definition) is 2. The molecule has 0 aliphatic carbocycles. The van der Waals surface area contributed by atoms with Crippen molar-refractivity contribution in [3.63, 3.8) is 0 Å². The number of piperidine rings is 1. The van der Waals surface area contributed by atoms with Crippen LogP contribution in [0.4, 0.5) is 23.7 Å². The first-order chi connectivity index (χ1) is 14.1. The van der Waals surface area contributed by atoms with Crippen LogP contribution in [0.1, 0.15) is 47.5 Å². The number of carbonyl (C=O) groups excluding carboxylic acids is 2. The standard InChI is InChI=1S/C20H23F3N4O3/c1-12-6-8-27(9-7-12)18(28)17-13(2)30-16(26-17)11-24-19(29)25-15-5-3-4-14(10-15)20(21,22)23/h3-5,10,12H,6-9,11H2,1-2H3,(H2,24,25,29). The van der Waals surface area contributed by atoms with Crippen LogP contribution in [0, 0.1) is 12.8 Å². The van der Waals surface area contributed by atoms with Gasteiger partial charge >= 0.3 is 12.2 Å². The predicted molar refractivity (Wildman–Crippen MR) is 103 cm³/mol. The number of nitrogens with one attached hydrogen (secondary N) is 2. The Balaban J connectivity index is 1.57. The molecule has 1 aromatic heterocycles. The Hall–Kier alpha value is -3.04. The molecule has 0 saturated carbocycles. The molecule has 0 atom stereocenters. The molecular weight excluding hydrogens is 401 g/mol. The number of hydrogen-bond acceptors (Lipinski definition) is 4. The van der Waals surface area contributed by atoms with Crippen molar-refractivity contribution in [2.45, 2.75) is 39.4 Å². The molecule has 10 heteroatoms. The van der Waals surface area contributed by atoms with Crippen LogP contribution in [0.15, 0.2) is 28.7 Å². The Kier molecular flexibility index (Phi) is 6.33. The largest absolute Gasteiger partial charge is 0.443 e. The maximum Gasteiger partial charge on any atom is 0.416 e. The van der Waals surface area contributed by atoms with Crippen LogP contribution in [0.3, 0.4) is 0 Å². The van der Waals surface area contributed by atoms with E-state index in [-0.39, 0.29) is 29.7 Å². The molecule has 7 nitrogen and oxygen atoms in total. The summed E-state index contributed by atoms with van der Waals surface area (Å²) >= 11 is 0. The van der Waals surface area contributed by atoms with E-state index in [1.54, 1.807) is 11.8 Å². The van der Waals surface area contributed by atoms with Crippen molar-refractivity contribution in [3.05, 3.63) is 47.2 Å². The molecule has 0 spiro atoms. The molecule has 1 fully saturated rings. The van der Waals surface area contributed by atoms with Crippen LogP contribution in [0.5, 0.6) is 0 Å². The van der Waals surface area contributed by atoms with Crippen LogP contribution in [0.2, 0.25) is 0 Å². The Morgan fingerprint density at radius 2 is 1.97 bits per heavy atom. The fourth-order valence-electron chi connectivity index (χ4n) is 3.19. The quantitative estimate of drug-likeness (QED) is 0.770. The number of aryl methyl sites for hydroxylation is 1. The highest BCUT2D eigenvalue weighted by atomic mass is 19.4. The molecule has 3 amide bonds. The zero-order valence-corrected chi connectivity index (χ0v) is 16.7. The number of halogens is 3. The van der Waals surface area contributed by atoms with Gasteiger partial charge in [0.1, 0.15) is 5.76 Å². The third-order valence-electron chi connectivity index (χ3n) is 4.96. The lowest BCUT2D eigenvalue weighted by Crippen LogP contribution is -2.38. The number of rotatable bonds is 4. The third kappa shape index (κ3) is 5.31. The summed E-state index contributed by atoms with van der Waals surface area (Å²) in [6.07, 6.45) is -2.63. The van der Waals surface area contributed by atoms with Gasteiger partial charge in [-0.3, -0.25) is 4.79 Å². The van der Waals surface area contributed by atoms with E-state index in [1.165, 1.54) is 12.1 Å². The van der Waals surface area contributed by atoms with E-state index in [0.29, 0.717) is 24.8 Å². The molecule has 0 bridgehead atoms. The second-order valence-corrected chi connectivity index (χ2v) is 7.37. The van der Waals surface area contributed by atoms with Gasteiger partial charge in [-0.1, -0.05) is 13.0 Å². The number of benzene rings is 1. The average Bonchev–Trinajstić information content (AvgIpc) is 3.06. The van der Waals surface area contributed by atoms with Crippen molar-refractivity contribution < 1.29 is 27.2 Å². The van der Waals surface area contributed by atoms with E-state index in [0.717, 1.165) is 25.0 Å². The first-order valence-corrected chi connectivity index (χ1v) is 9.61. The van der Waals surface area contributed by atoms with Crippen molar-refractivity contribution in [2.75, 3.05) is 18.4 Å². The van der Waals surface area contributed by atoms with Crippen molar-refractivity contribution in [2.24, 2.45) is 5.92 Å². The normalized spacial score (nSPS) is 15.2. The van der Waals surface area contributed by atoms with Gasteiger partial charge in [0.25, 0.3) is 5.91 Å². The lowest BCUT2D eigenvalue weighted by atomic mass is 9.99. The smallest absolute Gasteiger partial charge is 0.416 e. The molecule has 2 N–H and O–H groups in total. The van der Waals surface area contributed by atoms with Gasteiger partial charge in [0.05, 0.1) is 12.1 Å². The molecule has 0 unspecified atom stereocenters. The van der Waals surface area contributed by atoms with Crippen LogP contribution in [-0.4, -0.2) is 34.9 Å². The van der Waals surface area contributed by atoms with Gasteiger partial charge in [0, 0.05) is 18.8 Å². The molecular formula is C20H23F3N4O3. The first kappa shape index (κ1) is 21.7. The van der Waals surface area contributed by atoms with E-state index >= 15 is 0 Å². The Morgan fingerprint density at radius 1 is 1.27 bits per heavy atom. The number of anilines is 1. The number of nitrogens with zero attached hydrogens (tertiary/aromatic N) is 2. The van der Waals surface area contributed by atoms with Gasteiger partial charge in [-0.05, 0) is 43.9 Å². The molecule has 162 valence electrons. The highest BCUT2D eigenvalue weighted by Crippen LogP contribution is 2.30. The number of oxazole rings is 1. The van der Waals surface area contributed by atoms with Crippen LogP contribution >= 0.6 is 0 Å². The minimum atomic E-state index is -4.50. The maximum absolute atomic E-state index is 12.8. The van der Waals surface area contributed by atoms with Crippen LogP contribution in [-0.2, 0) is 12.7 Å². The highest BCUT2D eigenvalue weighted by Gasteiger charge is 2.30. The molecule has 2 aromatic rings. The van der Waals surface area contributed by atoms with Crippen LogP contribution < -0.4 is 10.6 Å². The van der Waals surface area contributed by atoms with Crippen molar-refractivity contribution >= 4 is 17.6 Å². The summed E-state index contributed by atoms with van der Waals surface area (Å²) in [5.41, 5.74) is -0.653. The zero-order valence-electron chi connectivity index (χ0n) is 16.7. The number of alkyl halides is 3. The highest BCUT2D eigenvalue weighted by molar-refractivity contribution is 5.93. The number of aromatic nitrogens is 1. The third-order valence-corrected chi connectivity index (χ3v) is 4.96. The van der Waals surface area contributed by atoms with E-state index in [4.69, 9.17) is 4.42 Å². The summed E-state index contributed by atoms with van der Waals surface area (Å²) in [6, 6.07) is 3.59. The molecule has 1 saturated heterocycles. The number of urea groups is 1. The number of carbonyl (C=O) groups is 2. The lowest BCUT2D eigenvalue weighted by Gasteiger charge is -2.29. The topological polar surface area (TPSA) is 87.5 Å².